The van der Waals surface area contributed by atoms with Crippen LogP contribution in [0, 0.1) is 0 Å². The van der Waals surface area contributed by atoms with E-state index in [9.17, 15) is 18.3 Å². The largest absolute Gasteiger partial charge is 0.507 e. The first kappa shape index (κ1) is 13.2. The maximum atomic E-state index is 12.0. The van der Waals surface area contributed by atoms with Gasteiger partial charge in [-0.1, -0.05) is 5.16 Å². The Balaban J connectivity index is 2.16. The fraction of sp³-hybridized carbons (Fsp3) is 0.273. The molecule has 0 aliphatic heterocycles. The Labute approximate surface area is 105 Å². The minimum Gasteiger partial charge on any atom is -0.507 e. The number of halogens is 3. The number of aromatic nitrogens is 2. The van der Waals surface area contributed by atoms with E-state index < -0.39 is 12.6 Å². The van der Waals surface area contributed by atoms with Gasteiger partial charge >= 0.3 is 6.18 Å². The molecule has 2 rings (SSSR count). The minimum absolute atomic E-state index is 0.0466. The molecule has 1 aromatic carbocycles. The summed E-state index contributed by atoms with van der Waals surface area (Å²) in [5.41, 5.74) is 6.02. The van der Waals surface area contributed by atoms with Crippen molar-refractivity contribution in [1.82, 2.24) is 10.1 Å². The summed E-state index contributed by atoms with van der Waals surface area (Å²) in [7, 11) is 0. The molecular weight excluding hydrogens is 263 g/mol. The zero-order chi connectivity index (χ0) is 14.0. The summed E-state index contributed by atoms with van der Waals surface area (Å²) >= 11 is 0. The van der Waals surface area contributed by atoms with Crippen molar-refractivity contribution in [3.8, 4) is 17.2 Å². The van der Waals surface area contributed by atoms with Gasteiger partial charge < -0.3 is 15.4 Å². The highest BCUT2D eigenvalue weighted by molar-refractivity contribution is 5.66. The Kier molecular flexibility index (Phi) is 3.32. The molecule has 0 bridgehead atoms. The molecule has 19 heavy (non-hydrogen) atoms. The molecule has 0 saturated carbocycles. The van der Waals surface area contributed by atoms with Crippen LogP contribution in [0.2, 0.25) is 0 Å². The fourth-order valence-corrected chi connectivity index (χ4v) is 1.45. The van der Waals surface area contributed by atoms with Crippen molar-refractivity contribution in [2.24, 2.45) is 0 Å². The van der Waals surface area contributed by atoms with Crippen molar-refractivity contribution in [2.45, 2.75) is 19.0 Å². The Morgan fingerprint density at radius 2 is 2.05 bits per heavy atom. The average Bonchev–Trinajstić information content (AvgIpc) is 2.74. The summed E-state index contributed by atoms with van der Waals surface area (Å²) in [5, 5.41) is 13.1. The van der Waals surface area contributed by atoms with E-state index in [4.69, 9.17) is 10.3 Å². The number of nitrogens with two attached hydrogens (primary N) is 1. The number of aryl methyl sites for hydroxylation is 1. The lowest BCUT2D eigenvalue weighted by atomic mass is 10.2. The Morgan fingerprint density at radius 1 is 1.32 bits per heavy atom. The predicted octanol–water partition coefficient (Wildman–Crippen LogP) is 2.52. The number of hydrogen-bond acceptors (Lipinski definition) is 5. The van der Waals surface area contributed by atoms with Crippen molar-refractivity contribution in [2.75, 3.05) is 5.73 Å². The lowest BCUT2D eigenvalue weighted by molar-refractivity contribution is -0.134. The third-order valence-electron chi connectivity index (χ3n) is 2.35. The van der Waals surface area contributed by atoms with Crippen LogP contribution < -0.4 is 5.73 Å². The molecule has 5 nitrogen and oxygen atoms in total. The summed E-state index contributed by atoms with van der Waals surface area (Å²) in [6, 6.07) is 4.25. The zero-order valence-corrected chi connectivity index (χ0v) is 9.61. The molecule has 0 aliphatic carbocycles. The monoisotopic (exact) mass is 273 g/mol. The molecule has 102 valence electrons. The highest BCUT2D eigenvalue weighted by atomic mass is 19.4. The third kappa shape index (κ3) is 3.36. The van der Waals surface area contributed by atoms with Crippen LogP contribution in [-0.4, -0.2) is 21.4 Å². The summed E-state index contributed by atoms with van der Waals surface area (Å²) in [6.45, 7) is 0. The first-order valence-electron chi connectivity index (χ1n) is 5.33. The van der Waals surface area contributed by atoms with Crippen molar-refractivity contribution >= 4 is 5.69 Å². The van der Waals surface area contributed by atoms with Crippen LogP contribution in [-0.2, 0) is 6.42 Å². The SMILES string of the molecule is Nc1ccc(-c2nc(CCC(F)(F)F)no2)c(O)c1. The molecule has 1 aromatic heterocycles. The van der Waals surface area contributed by atoms with Crippen LogP contribution in [0.15, 0.2) is 22.7 Å². The molecule has 3 N–H and O–H groups in total. The second-order valence-corrected chi connectivity index (χ2v) is 3.91. The molecule has 0 fully saturated rings. The summed E-state index contributed by atoms with van der Waals surface area (Å²) < 4.78 is 40.9. The number of rotatable bonds is 3. The molecule has 0 radical (unpaired) electrons. The molecule has 0 amide bonds. The van der Waals surface area contributed by atoms with Gasteiger partial charge in [-0.15, -0.1) is 0 Å². The van der Waals surface area contributed by atoms with Crippen molar-refractivity contribution in [3.63, 3.8) is 0 Å². The highest BCUT2D eigenvalue weighted by Crippen LogP contribution is 2.30. The second-order valence-electron chi connectivity index (χ2n) is 3.91. The van der Waals surface area contributed by atoms with Gasteiger partial charge in [0.1, 0.15) is 5.75 Å². The molecule has 8 heteroatoms. The maximum Gasteiger partial charge on any atom is 0.389 e. The Hall–Kier alpha value is -2.25. The number of aromatic hydroxyl groups is 1. The third-order valence-corrected chi connectivity index (χ3v) is 2.35. The van der Waals surface area contributed by atoms with Crippen molar-refractivity contribution in [3.05, 3.63) is 24.0 Å². The highest BCUT2D eigenvalue weighted by Gasteiger charge is 2.27. The number of hydrogen-bond donors (Lipinski definition) is 2. The number of nitrogens with zero attached hydrogens (tertiary/aromatic N) is 2. The Morgan fingerprint density at radius 3 is 2.68 bits per heavy atom. The number of phenols is 1. The molecule has 0 aliphatic rings. The van der Waals surface area contributed by atoms with E-state index in [1.165, 1.54) is 18.2 Å². The number of anilines is 1. The van der Waals surface area contributed by atoms with Crippen molar-refractivity contribution in [1.29, 1.82) is 0 Å². The zero-order valence-electron chi connectivity index (χ0n) is 9.61. The standard InChI is InChI=1S/C11H10F3N3O2/c12-11(13,14)4-3-9-16-10(19-17-9)7-2-1-6(15)5-8(7)18/h1-2,5,18H,3-4,15H2. The topological polar surface area (TPSA) is 85.2 Å². The molecule has 0 unspecified atom stereocenters. The van der Waals surface area contributed by atoms with E-state index in [2.05, 4.69) is 10.1 Å². The summed E-state index contributed by atoms with van der Waals surface area (Å²) in [6.07, 6.45) is -5.67. The molecule has 2 aromatic rings. The molecule has 0 spiro atoms. The average molecular weight is 273 g/mol. The smallest absolute Gasteiger partial charge is 0.389 e. The summed E-state index contributed by atoms with van der Waals surface area (Å²) in [5.74, 6) is -0.288. The molecule has 1 heterocycles. The van der Waals surface area contributed by atoms with Crippen LogP contribution in [0.5, 0.6) is 5.75 Å². The van der Waals surface area contributed by atoms with E-state index in [1.54, 1.807) is 0 Å². The number of phenolic OH excluding ortho intramolecular Hbond substituents is 1. The summed E-state index contributed by atoms with van der Waals surface area (Å²) in [4.78, 5) is 3.80. The molecule has 0 atom stereocenters. The predicted molar refractivity (Wildman–Crippen MR) is 60.2 cm³/mol. The molecular formula is C11H10F3N3O2. The number of benzene rings is 1. The normalized spacial score (nSPS) is 11.7. The van der Waals surface area contributed by atoms with Gasteiger partial charge in [0.2, 0.25) is 0 Å². The van der Waals surface area contributed by atoms with Crippen molar-refractivity contribution < 1.29 is 22.8 Å². The van der Waals surface area contributed by atoms with Gasteiger partial charge in [-0.05, 0) is 12.1 Å². The van der Waals surface area contributed by atoms with E-state index >= 15 is 0 Å². The second kappa shape index (κ2) is 4.79. The first-order valence-corrected chi connectivity index (χ1v) is 5.33. The van der Waals surface area contributed by atoms with Gasteiger partial charge in [0.25, 0.3) is 5.89 Å². The first-order chi connectivity index (χ1) is 8.85. The van der Waals surface area contributed by atoms with Crippen LogP contribution in [0.3, 0.4) is 0 Å². The Bertz CT molecular complexity index is 581. The quantitative estimate of drug-likeness (QED) is 0.839. The van der Waals surface area contributed by atoms with Gasteiger partial charge in [0, 0.05) is 18.2 Å². The lowest BCUT2D eigenvalue weighted by Gasteiger charge is -2.02. The van der Waals surface area contributed by atoms with E-state index in [1.807, 2.05) is 0 Å². The van der Waals surface area contributed by atoms with Crippen LogP contribution in [0.25, 0.3) is 11.5 Å². The van der Waals surface area contributed by atoms with E-state index in [0.29, 0.717) is 5.69 Å². The fourth-order valence-electron chi connectivity index (χ4n) is 1.45. The van der Waals surface area contributed by atoms with Crippen LogP contribution in [0.4, 0.5) is 18.9 Å². The number of alkyl halides is 3. The lowest BCUT2D eigenvalue weighted by Crippen LogP contribution is -2.09. The van der Waals surface area contributed by atoms with Crippen LogP contribution in [0.1, 0.15) is 12.2 Å². The van der Waals surface area contributed by atoms with Gasteiger partial charge in [-0.3, -0.25) is 0 Å². The van der Waals surface area contributed by atoms with Gasteiger partial charge in [0.05, 0.1) is 12.0 Å². The van der Waals surface area contributed by atoms with Gasteiger partial charge in [-0.2, -0.15) is 18.2 Å². The van der Waals surface area contributed by atoms with Gasteiger partial charge in [0.15, 0.2) is 5.82 Å². The van der Waals surface area contributed by atoms with Crippen LogP contribution >= 0.6 is 0 Å². The van der Waals surface area contributed by atoms with E-state index in [0.717, 1.165) is 0 Å². The van der Waals surface area contributed by atoms with E-state index in [-0.39, 0.29) is 29.4 Å². The van der Waals surface area contributed by atoms with Gasteiger partial charge in [-0.25, -0.2) is 0 Å². The minimum atomic E-state index is -4.27. The maximum absolute atomic E-state index is 12.0. The number of nitrogen functional groups attached to an aromatic ring is 1. The molecule has 0 saturated heterocycles.